The zero-order valence-electron chi connectivity index (χ0n) is 7.36. The van der Waals surface area contributed by atoms with Crippen LogP contribution in [0.1, 0.15) is 0 Å². The van der Waals surface area contributed by atoms with Crippen LogP contribution in [-0.2, 0) is 0 Å². The summed E-state index contributed by atoms with van der Waals surface area (Å²) in [4.78, 5) is 10.2. The highest BCUT2D eigenvalue weighted by Crippen LogP contribution is 2.25. The highest BCUT2D eigenvalue weighted by atomic mass is 79.9. The van der Waals surface area contributed by atoms with Gasteiger partial charge >= 0.3 is 0 Å². The van der Waals surface area contributed by atoms with E-state index in [1.807, 2.05) is 0 Å². The van der Waals surface area contributed by atoms with Crippen LogP contribution >= 0.6 is 28.6 Å². The lowest BCUT2D eigenvalue weighted by Gasteiger charge is -1.94. The van der Waals surface area contributed by atoms with Crippen LogP contribution < -0.4 is 0 Å². The van der Waals surface area contributed by atoms with Crippen molar-refractivity contribution in [2.75, 3.05) is 0 Å². The first-order chi connectivity index (χ1) is 5.11. The number of rotatable bonds is 1. The second-order valence-corrected chi connectivity index (χ2v) is 3.29. The van der Waals surface area contributed by atoms with Crippen molar-refractivity contribution in [3.8, 4) is 0 Å². The normalized spacial score (nSPS) is 6.62. The molecule has 0 spiro atoms. The molecule has 1 rings (SSSR count). The number of halogens is 6. The minimum Gasteiger partial charge on any atom is -0.269 e. The van der Waals surface area contributed by atoms with Crippen molar-refractivity contribution in [2.45, 2.75) is 4.90 Å². The van der Waals surface area contributed by atoms with Gasteiger partial charge in [0.25, 0.3) is 5.69 Å². The summed E-state index contributed by atoms with van der Waals surface area (Å²) in [6.07, 6.45) is 0. The van der Waals surface area contributed by atoms with Gasteiger partial charge < -0.3 is 0 Å². The van der Waals surface area contributed by atoms with Crippen molar-refractivity contribution in [1.29, 1.82) is 0 Å². The fourth-order valence-corrected chi connectivity index (χ4v) is 1.48. The summed E-state index contributed by atoms with van der Waals surface area (Å²) >= 11 is 7.11. The van der Waals surface area contributed by atoms with Gasteiger partial charge in [-0.1, -0.05) is 15.9 Å². The summed E-state index contributed by atoms with van der Waals surface area (Å²) in [5.41, 5.74) is 0.0246. The second-order valence-electron chi connectivity index (χ2n) is 1.89. The molecule has 0 radical (unpaired) electrons. The lowest BCUT2D eigenvalue weighted by atomic mass is 10.3. The van der Waals surface area contributed by atoms with E-state index in [9.17, 15) is 10.1 Å². The monoisotopic (exact) mass is 333 g/mol. The van der Waals surface area contributed by atoms with Gasteiger partial charge in [0.2, 0.25) is 0 Å². The maximum Gasteiger partial charge on any atom is 0.282 e. The highest BCUT2D eigenvalue weighted by Gasteiger charge is 2.09. The SMILES string of the molecule is F.F.F.F.F.O=[N+]([O-])c1ccc(Br)cc1S. The van der Waals surface area contributed by atoms with E-state index < -0.39 is 4.92 Å². The highest BCUT2D eigenvalue weighted by molar-refractivity contribution is 9.10. The molecule has 0 aliphatic heterocycles. The molecule has 0 unspecified atom stereocenters. The number of hydrogen-bond donors (Lipinski definition) is 1. The third-order valence-corrected chi connectivity index (χ3v) is 1.99. The quantitative estimate of drug-likeness (QED) is 0.370. The van der Waals surface area contributed by atoms with E-state index in [0.717, 1.165) is 4.47 Å². The van der Waals surface area contributed by atoms with E-state index in [-0.39, 0.29) is 29.2 Å². The zero-order valence-corrected chi connectivity index (χ0v) is 9.84. The molecular formula is C6H9BrF5NO2S. The molecular weight excluding hydrogens is 325 g/mol. The van der Waals surface area contributed by atoms with Crippen molar-refractivity contribution < 1.29 is 28.4 Å². The number of thiol groups is 1. The summed E-state index contributed by atoms with van der Waals surface area (Å²) in [5, 5.41) is 10.3. The van der Waals surface area contributed by atoms with Gasteiger partial charge in [-0.25, -0.2) is 0 Å². The van der Waals surface area contributed by atoms with Gasteiger partial charge in [-0.05, 0) is 12.1 Å². The summed E-state index contributed by atoms with van der Waals surface area (Å²) in [6, 6.07) is 4.60. The summed E-state index contributed by atoms with van der Waals surface area (Å²) in [5.74, 6) is 0. The lowest BCUT2D eigenvalue weighted by Crippen LogP contribution is -1.88. The van der Waals surface area contributed by atoms with Crippen LogP contribution in [0.2, 0.25) is 0 Å². The predicted octanol–water partition coefficient (Wildman–Crippen LogP) is 3.41. The third-order valence-electron chi connectivity index (χ3n) is 1.13. The van der Waals surface area contributed by atoms with Gasteiger partial charge in [0.15, 0.2) is 0 Å². The van der Waals surface area contributed by atoms with E-state index >= 15 is 0 Å². The number of hydrogen-bond acceptors (Lipinski definition) is 3. The van der Waals surface area contributed by atoms with Crippen molar-refractivity contribution in [1.82, 2.24) is 0 Å². The Morgan fingerprint density at radius 2 is 1.56 bits per heavy atom. The number of nitrogens with zero attached hydrogens (tertiary/aromatic N) is 1. The second kappa shape index (κ2) is 12.2. The van der Waals surface area contributed by atoms with Crippen molar-refractivity contribution in [3.63, 3.8) is 0 Å². The summed E-state index contributed by atoms with van der Waals surface area (Å²) in [6.45, 7) is 0. The minimum atomic E-state index is -0.464. The van der Waals surface area contributed by atoms with Gasteiger partial charge in [0.05, 0.1) is 9.82 Å². The topological polar surface area (TPSA) is 43.1 Å². The van der Waals surface area contributed by atoms with Crippen LogP contribution in [0.15, 0.2) is 27.6 Å². The van der Waals surface area contributed by atoms with Crippen molar-refractivity contribution in [2.24, 2.45) is 0 Å². The Kier molecular flexibility index (Phi) is 22.4. The molecule has 0 bridgehead atoms. The molecule has 0 heterocycles. The maximum atomic E-state index is 10.3. The molecule has 16 heavy (non-hydrogen) atoms. The van der Waals surface area contributed by atoms with Crippen LogP contribution in [0.5, 0.6) is 0 Å². The van der Waals surface area contributed by atoms with Gasteiger partial charge in [-0.3, -0.25) is 33.6 Å². The Balaban J connectivity index is -0.0000000807. The van der Waals surface area contributed by atoms with E-state index in [4.69, 9.17) is 0 Å². The van der Waals surface area contributed by atoms with Crippen LogP contribution in [0.25, 0.3) is 0 Å². The smallest absolute Gasteiger partial charge is 0.269 e. The Bertz CT molecular complexity index is 317. The molecule has 0 amide bonds. The van der Waals surface area contributed by atoms with Crippen LogP contribution in [0.3, 0.4) is 0 Å². The molecule has 0 N–H and O–H groups in total. The van der Waals surface area contributed by atoms with Crippen LogP contribution in [-0.4, -0.2) is 4.92 Å². The molecule has 98 valence electrons. The molecule has 0 aromatic heterocycles. The predicted molar refractivity (Wildman–Crippen MR) is 60.6 cm³/mol. The average molecular weight is 334 g/mol. The maximum absolute atomic E-state index is 10.3. The molecule has 0 saturated carbocycles. The summed E-state index contributed by atoms with van der Waals surface area (Å²) in [7, 11) is 0. The van der Waals surface area contributed by atoms with Crippen molar-refractivity contribution >= 4 is 34.2 Å². The number of nitro groups is 1. The standard InChI is InChI=1S/C6H4BrNO2S.5FH/c7-4-1-2-5(8(9)10)6(11)3-4;;;;;/h1-3,11H;5*1H. The molecule has 1 aromatic rings. The Morgan fingerprint density at radius 1 is 1.12 bits per heavy atom. The van der Waals surface area contributed by atoms with Crippen LogP contribution in [0.4, 0.5) is 29.2 Å². The van der Waals surface area contributed by atoms with E-state index in [0.29, 0.717) is 4.90 Å². The van der Waals surface area contributed by atoms with Crippen molar-refractivity contribution in [3.05, 3.63) is 32.8 Å². The Hall–Kier alpha value is -0.900. The molecule has 0 atom stereocenters. The van der Waals surface area contributed by atoms with E-state index in [1.165, 1.54) is 6.07 Å². The Labute approximate surface area is 101 Å². The number of benzene rings is 1. The fourth-order valence-electron chi connectivity index (χ4n) is 0.651. The number of nitro benzene ring substituents is 1. The molecule has 0 fully saturated rings. The largest absolute Gasteiger partial charge is 0.282 e. The van der Waals surface area contributed by atoms with Gasteiger partial charge in [0, 0.05) is 10.5 Å². The third kappa shape index (κ3) is 7.40. The first-order valence-corrected chi connectivity index (χ1v) is 3.98. The minimum absolute atomic E-state index is 0. The molecule has 10 heteroatoms. The molecule has 3 nitrogen and oxygen atoms in total. The van der Waals surface area contributed by atoms with Gasteiger partial charge in [-0.15, -0.1) is 12.6 Å². The summed E-state index contributed by atoms with van der Waals surface area (Å²) < 4.78 is 0.785. The molecule has 1 aromatic carbocycles. The van der Waals surface area contributed by atoms with Crippen LogP contribution in [0, 0.1) is 10.1 Å². The van der Waals surface area contributed by atoms with Gasteiger partial charge in [-0.2, -0.15) is 0 Å². The molecule has 0 aliphatic rings. The fraction of sp³-hybridized carbons (Fsp3) is 0. The van der Waals surface area contributed by atoms with E-state index in [1.54, 1.807) is 12.1 Å². The average Bonchev–Trinajstić information content (AvgIpc) is 1.85. The zero-order chi connectivity index (χ0) is 8.43. The molecule has 0 aliphatic carbocycles. The first kappa shape index (κ1) is 29.4. The van der Waals surface area contributed by atoms with Gasteiger partial charge in [0.1, 0.15) is 0 Å². The lowest BCUT2D eigenvalue weighted by molar-refractivity contribution is -0.387. The Morgan fingerprint density at radius 3 is 1.88 bits per heavy atom. The van der Waals surface area contributed by atoms with E-state index in [2.05, 4.69) is 28.6 Å². The first-order valence-electron chi connectivity index (χ1n) is 2.74. The molecule has 0 saturated heterocycles.